The van der Waals surface area contributed by atoms with Crippen molar-refractivity contribution < 1.29 is 0 Å². The third kappa shape index (κ3) is 3.00. The lowest BCUT2D eigenvalue weighted by molar-refractivity contribution is 0.267. The fourth-order valence-corrected chi connectivity index (χ4v) is 2.88. The molecule has 1 aliphatic carbocycles. The van der Waals surface area contributed by atoms with Crippen LogP contribution in [0.15, 0.2) is 11.6 Å². The summed E-state index contributed by atoms with van der Waals surface area (Å²) in [6.45, 7) is 1.72. The second kappa shape index (κ2) is 5.58. The lowest BCUT2D eigenvalue weighted by Crippen LogP contribution is -2.41. The summed E-state index contributed by atoms with van der Waals surface area (Å²) in [5, 5.41) is 6.80. The van der Waals surface area contributed by atoms with Crippen molar-refractivity contribution in [3.63, 3.8) is 0 Å². The number of nitrogens with zero attached hydrogens (tertiary/aromatic N) is 1. The van der Waals surface area contributed by atoms with Crippen LogP contribution in [0.25, 0.3) is 0 Å². The Morgan fingerprint density at radius 2 is 2.33 bits per heavy atom. The summed E-state index contributed by atoms with van der Waals surface area (Å²) in [4.78, 5) is 4.28. The van der Waals surface area contributed by atoms with Gasteiger partial charge in [0.15, 0.2) is 0 Å². The molecule has 1 fully saturated rings. The van der Waals surface area contributed by atoms with Gasteiger partial charge in [-0.2, -0.15) is 0 Å². The number of rotatable bonds is 4. The van der Waals surface area contributed by atoms with Gasteiger partial charge in [-0.25, -0.2) is 4.98 Å². The van der Waals surface area contributed by atoms with E-state index >= 15 is 0 Å². The van der Waals surface area contributed by atoms with E-state index in [1.54, 1.807) is 11.3 Å². The van der Waals surface area contributed by atoms with Crippen LogP contribution in [0.5, 0.6) is 0 Å². The van der Waals surface area contributed by atoms with Gasteiger partial charge in [0.2, 0.25) is 0 Å². The van der Waals surface area contributed by atoms with Crippen LogP contribution in [0.2, 0.25) is 0 Å². The molecule has 1 saturated carbocycles. The van der Waals surface area contributed by atoms with Crippen LogP contribution in [0.3, 0.4) is 0 Å². The topological polar surface area (TPSA) is 50.9 Å². The Bertz CT molecular complexity index is 273. The van der Waals surface area contributed by atoms with Crippen LogP contribution in [0, 0.1) is 5.92 Å². The molecule has 1 aromatic rings. The Morgan fingerprint density at radius 1 is 1.47 bits per heavy atom. The molecule has 3 N–H and O–H groups in total. The van der Waals surface area contributed by atoms with Crippen LogP contribution in [0.1, 0.15) is 30.7 Å². The highest BCUT2D eigenvalue weighted by atomic mass is 32.1. The van der Waals surface area contributed by atoms with Crippen molar-refractivity contribution in [2.24, 2.45) is 11.7 Å². The fraction of sp³-hybridized carbons (Fsp3) is 0.727. The Balaban J connectivity index is 1.81. The first-order valence-corrected chi connectivity index (χ1v) is 6.60. The van der Waals surface area contributed by atoms with Crippen molar-refractivity contribution in [2.45, 2.75) is 38.3 Å². The normalized spacial score (nSPS) is 26.7. The van der Waals surface area contributed by atoms with Crippen molar-refractivity contribution in [3.05, 3.63) is 16.6 Å². The lowest BCUT2D eigenvalue weighted by atomic mass is 9.84. The van der Waals surface area contributed by atoms with E-state index < -0.39 is 0 Å². The Kier molecular flexibility index (Phi) is 4.11. The molecule has 0 spiro atoms. The number of thiazole rings is 1. The number of hydrogen-bond acceptors (Lipinski definition) is 4. The average molecular weight is 225 g/mol. The van der Waals surface area contributed by atoms with E-state index in [2.05, 4.69) is 10.3 Å². The molecule has 15 heavy (non-hydrogen) atoms. The van der Waals surface area contributed by atoms with E-state index in [1.807, 2.05) is 11.6 Å². The molecule has 1 heterocycles. The smallest absolute Gasteiger partial charge is 0.106 e. The summed E-state index contributed by atoms with van der Waals surface area (Å²) in [7, 11) is 0. The number of nitrogens with one attached hydrogen (secondary N) is 1. The van der Waals surface area contributed by atoms with Gasteiger partial charge in [-0.1, -0.05) is 12.8 Å². The number of hydrogen-bond donors (Lipinski definition) is 2. The van der Waals surface area contributed by atoms with Crippen molar-refractivity contribution in [3.8, 4) is 0 Å². The van der Waals surface area contributed by atoms with Gasteiger partial charge in [0, 0.05) is 24.2 Å². The van der Waals surface area contributed by atoms with Gasteiger partial charge < -0.3 is 11.1 Å². The van der Waals surface area contributed by atoms with Gasteiger partial charge in [0.1, 0.15) is 5.01 Å². The van der Waals surface area contributed by atoms with E-state index in [9.17, 15) is 0 Å². The second-order valence-corrected chi connectivity index (χ2v) is 5.17. The van der Waals surface area contributed by atoms with Crippen LogP contribution in [-0.4, -0.2) is 17.6 Å². The third-order valence-electron chi connectivity index (χ3n) is 3.21. The van der Waals surface area contributed by atoms with E-state index in [-0.39, 0.29) is 0 Å². The number of nitrogens with two attached hydrogens (primary N) is 1. The standard InChI is InChI=1S/C11H19N3S/c12-7-9-3-1-2-4-10(9)14-8-11-13-5-6-15-11/h5-6,9-10,14H,1-4,7-8,12H2. The predicted octanol–water partition coefficient (Wildman–Crippen LogP) is 1.75. The molecular weight excluding hydrogens is 206 g/mol. The summed E-state index contributed by atoms with van der Waals surface area (Å²) in [5.74, 6) is 0.665. The number of aromatic nitrogens is 1. The Labute approximate surface area is 95.1 Å². The molecular formula is C11H19N3S. The molecule has 2 atom stereocenters. The van der Waals surface area contributed by atoms with Crippen LogP contribution < -0.4 is 11.1 Å². The summed E-state index contributed by atoms with van der Waals surface area (Å²) in [5.41, 5.74) is 5.79. The van der Waals surface area contributed by atoms with Crippen LogP contribution >= 0.6 is 11.3 Å². The summed E-state index contributed by atoms with van der Waals surface area (Å²) < 4.78 is 0. The van der Waals surface area contributed by atoms with Gasteiger partial charge >= 0.3 is 0 Å². The molecule has 4 heteroatoms. The molecule has 1 aliphatic rings. The first-order chi connectivity index (χ1) is 7.40. The fourth-order valence-electron chi connectivity index (χ4n) is 2.32. The largest absolute Gasteiger partial charge is 0.330 e. The highest BCUT2D eigenvalue weighted by Crippen LogP contribution is 2.23. The van der Waals surface area contributed by atoms with E-state index in [0.29, 0.717) is 12.0 Å². The molecule has 3 nitrogen and oxygen atoms in total. The molecule has 2 unspecified atom stereocenters. The maximum Gasteiger partial charge on any atom is 0.106 e. The zero-order valence-corrected chi connectivity index (χ0v) is 9.80. The summed E-state index contributed by atoms with van der Waals surface area (Å²) in [6, 6.07) is 0.604. The van der Waals surface area contributed by atoms with Gasteiger partial charge in [-0.05, 0) is 25.3 Å². The Hall–Kier alpha value is -0.450. The quantitative estimate of drug-likeness (QED) is 0.821. The maximum absolute atomic E-state index is 5.79. The molecule has 0 saturated heterocycles. The predicted molar refractivity (Wildman–Crippen MR) is 63.8 cm³/mol. The first-order valence-electron chi connectivity index (χ1n) is 5.72. The average Bonchev–Trinajstić information content (AvgIpc) is 2.79. The van der Waals surface area contributed by atoms with Crippen molar-refractivity contribution in [1.29, 1.82) is 0 Å². The zero-order chi connectivity index (χ0) is 10.5. The molecule has 0 bridgehead atoms. The molecule has 84 valence electrons. The summed E-state index contributed by atoms with van der Waals surface area (Å²) >= 11 is 1.72. The minimum atomic E-state index is 0.604. The molecule has 2 rings (SSSR count). The lowest BCUT2D eigenvalue weighted by Gasteiger charge is -2.31. The molecule has 0 amide bonds. The Morgan fingerprint density at radius 3 is 3.07 bits per heavy atom. The maximum atomic E-state index is 5.79. The zero-order valence-electron chi connectivity index (χ0n) is 8.98. The highest BCUT2D eigenvalue weighted by molar-refractivity contribution is 7.09. The molecule has 1 aromatic heterocycles. The van der Waals surface area contributed by atoms with Crippen molar-refractivity contribution in [2.75, 3.05) is 6.54 Å². The van der Waals surface area contributed by atoms with Gasteiger partial charge in [0.25, 0.3) is 0 Å². The van der Waals surface area contributed by atoms with Gasteiger partial charge in [-0.15, -0.1) is 11.3 Å². The summed E-state index contributed by atoms with van der Waals surface area (Å²) in [6.07, 6.45) is 7.10. The third-order valence-corrected chi connectivity index (χ3v) is 3.99. The van der Waals surface area contributed by atoms with Crippen LogP contribution in [0.4, 0.5) is 0 Å². The molecule has 0 aromatic carbocycles. The first kappa shape index (κ1) is 11.0. The van der Waals surface area contributed by atoms with Crippen molar-refractivity contribution >= 4 is 11.3 Å². The second-order valence-electron chi connectivity index (χ2n) is 4.19. The minimum absolute atomic E-state index is 0.604. The van der Waals surface area contributed by atoms with Crippen LogP contribution in [-0.2, 0) is 6.54 Å². The monoisotopic (exact) mass is 225 g/mol. The molecule has 0 radical (unpaired) electrons. The van der Waals surface area contributed by atoms with E-state index in [4.69, 9.17) is 5.73 Å². The minimum Gasteiger partial charge on any atom is -0.330 e. The van der Waals surface area contributed by atoms with E-state index in [0.717, 1.165) is 13.1 Å². The highest BCUT2D eigenvalue weighted by Gasteiger charge is 2.23. The van der Waals surface area contributed by atoms with E-state index in [1.165, 1.54) is 30.7 Å². The van der Waals surface area contributed by atoms with Gasteiger partial charge in [-0.3, -0.25) is 0 Å². The van der Waals surface area contributed by atoms with Crippen molar-refractivity contribution in [1.82, 2.24) is 10.3 Å². The van der Waals surface area contributed by atoms with Gasteiger partial charge in [0.05, 0.1) is 0 Å². The SMILES string of the molecule is NCC1CCCCC1NCc1nccs1. The molecule has 0 aliphatic heterocycles.